The van der Waals surface area contributed by atoms with E-state index in [-0.39, 0.29) is 6.04 Å². The quantitative estimate of drug-likeness (QED) is 0.711. The largest absolute Gasteiger partial charge is 0.361 e. The van der Waals surface area contributed by atoms with Crippen molar-refractivity contribution in [1.82, 2.24) is 4.98 Å². The van der Waals surface area contributed by atoms with E-state index < -0.39 is 0 Å². The Balaban J connectivity index is 2.50. The van der Waals surface area contributed by atoms with Gasteiger partial charge < -0.3 is 10.7 Å². The molecule has 0 aliphatic carbocycles. The standard InChI is InChI=1S/C12H14N2/c1-2-4-11(13)9-5-3-6-12-10(9)7-8-14-12/h2-3,5-8,11,14H,1,4,13H2/t11-/m0/s1. The molecule has 0 unspecified atom stereocenters. The van der Waals surface area contributed by atoms with E-state index in [2.05, 4.69) is 29.8 Å². The normalized spacial score (nSPS) is 12.9. The minimum Gasteiger partial charge on any atom is -0.361 e. The lowest BCUT2D eigenvalue weighted by atomic mass is 10.0. The Labute approximate surface area is 83.4 Å². The maximum absolute atomic E-state index is 6.05. The first-order chi connectivity index (χ1) is 6.83. The maximum atomic E-state index is 6.05. The molecule has 2 nitrogen and oxygen atoms in total. The van der Waals surface area contributed by atoms with Crippen LogP contribution in [0.2, 0.25) is 0 Å². The summed E-state index contributed by atoms with van der Waals surface area (Å²) in [5.74, 6) is 0. The van der Waals surface area contributed by atoms with Crippen LogP contribution in [0.5, 0.6) is 0 Å². The molecule has 2 heteroatoms. The predicted octanol–water partition coefficient (Wildman–Crippen LogP) is 2.74. The molecule has 1 aromatic heterocycles. The van der Waals surface area contributed by atoms with Crippen LogP contribution >= 0.6 is 0 Å². The van der Waals surface area contributed by atoms with Crippen LogP contribution < -0.4 is 5.73 Å². The first-order valence-corrected chi connectivity index (χ1v) is 4.75. The predicted molar refractivity (Wildman–Crippen MR) is 60.0 cm³/mol. The molecule has 0 saturated heterocycles. The summed E-state index contributed by atoms with van der Waals surface area (Å²) in [6.07, 6.45) is 4.61. The fraction of sp³-hybridized carbons (Fsp3) is 0.167. The van der Waals surface area contributed by atoms with Gasteiger partial charge in [0.2, 0.25) is 0 Å². The fourth-order valence-corrected chi connectivity index (χ4v) is 1.74. The highest BCUT2D eigenvalue weighted by atomic mass is 14.7. The second-order valence-electron chi connectivity index (χ2n) is 3.42. The zero-order valence-corrected chi connectivity index (χ0v) is 8.03. The number of H-pyrrole nitrogens is 1. The fourth-order valence-electron chi connectivity index (χ4n) is 1.74. The molecule has 0 saturated carbocycles. The van der Waals surface area contributed by atoms with Crippen molar-refractivity contribution in [3.05, 3.63) is 48.7 Å². The van der Waals surface area contributed by atoms with Gasteiger partial charge in [-0.25, -0.2) is 0 Å². The lowest BCUT2D eigenvalue weighted by Gasteiger charge is -2.10. The summed E-state index contributed by atoms with van der Waals surface area (Å²) in [4.78, 5) is 3.18. The van der Waals surface area contributed by atoms with Crippen LogP contribution in [-0.4, -0.2) is 4.98 Å². The lowest BCUT2D eigenvalue weighted by molar-refractivity contribution is 0.748. The number of fused-ring (bicyclic) bond motifs is 1. The van der Waals surface area contributed by atoms with E-state index in [4.69, 9.17) is 5.73 Å². The van der Waals surface area contributed by atoms with Crippen LogP contribution in [0, 0.1) is 0 Å². The number of hydrogen-bond donors (Lipinski definition) is 2. The smallest absolute Gasteiger partial charge is 0.0457 e. The van der Waals surface area contributed by atoms with Crippen molar-refractivity contribution in [2.75, 3.05) is 0 Å². The van der Waals surface area contributed by atoms with Crippen LogP contribution in [-0.2, 0) is 0 Å². The van der Waals surface area contributed by atoms with Gasteiger partial charge in [-0.05, 0) is 24.1 Å². The van der Waals surface area contributed by atoms with Gasteiger partial charge in [0.1, 0.15) is 0 Å². The van der Waals surface area contributed by atoms with E-state index in [0.717, 1.165) is 11.9 Å². The van der Waals surface area contributed by atoms with E-state index >= 15 is 0 Å². The van der Waals surface area contributed by atoms with Crippen molar-refractivity contribution in [2.24, 2.45) is 5.73 Å². The van der Waals surface area contributed by atoms with Gasteiger partial charge in [0.05, 0.1) is 0 Å². The van der Waals surface area contributed by atoms with Crippen molar-refractivity contribution in [2.45, 2.75) is 12.5 Å². The van der Waals surface area contributed by atoms with Gasteiger partial charge in [-0.2, -0.15) is 0 Å². The van der Waals surface area contributed by atoms with Gasteiger partial charge in [-0.1, -0.05) is 18.2 Å². The van der Waals surface area contributed by atoms with Crippen molar-refractivity contribution < 1.29 is 0 Å². The van der Waals surface area contributed by atoms with Gasteiger partial charge >= 0.3 is 0 Å². The molecule has 2 rings (SSSR count). The number of benzene rings is 1. The molecular weight excluding hydrogens is 172 g/mol. The van der Waals surface area contributed by atoms with Gasteiger partial charge in [-0.15, -0.1) is 6.58 Å². The molecule has 0 fully saturated rings. The molecule has 3 N–H and O–H groups in total. The van der Waals surface area contributed by atoms with Gasteiger partial charge in [0.25, 0.3) is 0 Å². The molecule has 14 heavy (non-hydrogen) atoms. The highest BCUT2D eigenvalue weighted by Gasteiger charge is 2.07. The van der Waals surface area contributed by atoms with E-state index in [1.54, 1.807) is 0 Å². The average Bonchev–Trinajstić information content (AvgIpc) is 2.65. The zero-order chi connectivity index (χ0) is 9.97. The Bertz CT molecular complexity index is 442. The van der Waals surface area contributed by atoms with Crippen LogP contribution in [0.4, 0.5) is 0 Å². The zero-order valence-electron chi connectivity index (χ0n) is 8.03. The second-order valence-corrected chi connectivity index (χ2v) is 3.42. The van der Waals surface area contributed by atoms with E-state index in [0.29, 0.717) is 0 Å². The molecule has 1 aromatic carbocycles. The molecule has 0 aliphatic heterocycles. The third kappa shape index (κ3) is 1.44. The molecule has 0 amide bonds. The van der Waals surface area contributed by atoms with Gasteiger partial charge in [0.15, 0.2) is 0 Å². The highest BCUT2D eigenvalue weighted by Crippen LogP contribution is 2.23. The minimum atomic E-state index is 0.0481. The summed E-state index contributed by atoms with van der Waals surface area (Å²) >= 11 is 0. The number of aromatic amines is 1. The Morgan fingerprint density at radius 3 is 3.07 bits per heavy atom. The van der Waals surface area contributed by atoms with Crippen LogP contribution in [0.1, 0.15) is 18.0 Å². The number of nitrogens with two attached hydrogens (primary N) is 1. The summed E-state index contributed by atoms with van der Waals surface area (Å²) in [6.45, 7) is 3.71. The van der Waals surface area contributed by atoms with E-state index in [1.807, 2.05) is 18.3 Å². The van der Waals surface area contributed by atoms with E-state index in [1.165, 1.54) is 10.9 Å². The third-order valence-corrected chi connectivity index (χ3v) is 2.45. The molecule has 1 atom stereocenters. The summed E-state index contributed by atoms with van der Waals surface area (Å²) < 4.78 is 0. The number of aromatic nitrogens is 1. The number of nitrogens with one attached hydrogen (secondary N) is 1. The molecule has 0 aliphatic rings. The SMILES string of the molecule is C=CC[C@H](N)c1cccc2[nH]ccc12. The van der Waals surface area contributed by atoms with Crippen molar-refractivity contribution >= 4 is 10.9 Å². The van der Waals surface area contributed by atoms with E-state index in [9.17, 15) is 0 Å². The molecule has 0 spiro atoms. The summed E-state index contributed by atoms with van der Waals surface area (Å²) in [6, 6.07) is 8.26. The Hall–Kier alpha value is -1.54. The Morgan fingerprint density at radius 2 is 2.29 bits per heavy atom. The van der Waals surface area contributed by atoms with Crippen molar-refractivity contribution in [3.8, 4) is 0 Å². The summed E-state index contributed by atoms with van der Waals surface area (Å²) in [5, 5.41) is 1.21. The first-order valence-electron chi connectivity index (χ1n) is 4.75. The molecular formula is C12H14N2. The Kier molecular flexibility index (Phi) is 2.37. The van der Waals surface area contributed by atoms with Crippen molar-refractivity contribution in [3.63, 3.8) is 0 Å². The van der Waals surface area contributed by atoms with Gasteiger partial charge in [-0.3, -0.25) is 0 Å². The first kappa shape index (κ1) is 9.03. The average molecular weight is 186 g/mol. The summed E-state index contributed by atoms with van der Waals surface area (Å²) in [7, 11) is 0. The highest BCUT2D eigenvalue weighted by molar-refractivity contribution is 5.83. The van der Waals surface area contributed by atoms with Crippen LogP contribution in [0.15, 0.2) is 43.1 Å². The summed E-state index contributed by atoms with van der Waals surface area (Å²) in [5.41, 5.74) is 8.37. The maximum Gasteiger partial charge on any atom is 0.0457 e. The molecule has 72 valence electrons. The molecule has 0 radical (unpaired) electrons. The molecule has 1 heterocycles. The number of rotatable bonds is 3. The minimum absolute atomic E-state index is 0.0481. The second kappa shape index (κ2) is 3.68. The Morgan fingerprint density at radius 1 is 1.43 bits per heavy atom. The topological polar surface area (TPSA) is 41.8 Å². The lowest BCUT2D eigenvalue weighted by Crippen LogP contribution is -2.08. The number of hydrogen-bond acceptors (Lipinski definition) is 1. The molecule has 2 aromatic rings. The van der Waals surface area contributed by atoms with Crippen molar-refractivity contribution in [1.29, 1.82) is 0 Å². The van der Waals surface area contributed by atoms with Crippen LogP contribution in [0.25, 0.3) is 10.9 Å². The third-order valence-electron chi connectivity index (χ3n) is 2.45. The van der Waals surface area contributed by atoms with Crippen LogP contribution in [0.3, 0.4) is 0 Å². The monoisotopic (exact) mass is 186 g/mol. The van der Waals surface area contributed by atoms with Gasteiger partial charge in [0, 0.05) is 23.1 Å². The molecule has 0 bridgehead atoms.